The molecule has 0 saturated carbocycles. The van der Waals surface area contributed by atoms with Crippen molar-refractivity contribution in [1.29, 1.82) is 0 Å². The van der Waals surface area contributed by atoms with E-state index in [1.54, 1.807) is 6.07 Å². The van der Waals surface area contributed by atoms with Crippen LogP contribution in [-0.2, 0) is 14.8 Å². The average Bonchev–Trinajstić information content (AvgIpc) is 3.08. The molecule has 1 saturated heterocycles. The number of hydrogen-bond acceptors (Lipinski definition) is 5. The highest BCUT2D eigenvalue weighted by atomic mass is 32.2. The van der Waals surface area contributed by atoms with Crippen LogP contribution in [0.5, 0.6) is 0 Å². The summed E-state index contributed by atoms with van der Waals surface area (Å²) in [4.78, 5) is 13.5. The quantitative estimate of drug-likeness (QED) is 0.755. The van der Waals surface area contributed by atoms with Crippen LogP contribution in [0.4, 0.5) is 0 Å². The molecule has 2 aliphatic heterocycles. The van der Waals surface area contributed by atoms with Crippen molar-refractivity contribution in [3.8, 4) is 0 Å². The summed E-state index contributed by atoms with van der Waals surface area (Å²) in [6, 6.07) is 3.47. The number of sulfonamides is 1. The van der Waals surface area contributed by atoms with Crippen LogP contribution in [0.1, 0.15) is 24.1 Å². The number of nitrogens with zero attached hydrogens (tertiary/aromatic N) is 1. The van der Waals surface area contributed by atoms with Crippen LogP contribution in [0.25, 0.3) is 0 Å². The highest BCUT2D eigenvalue weighted by Gasteiger charge is 2.33. The summed E-state index contributed by atoms with van der Waals surface area (Å²) in [5.41, 5.74) is 1.24. The molecule has 3 rings (SSSR count). The van der Waals surface area contributed by atoms with Gasteiger partial charge in [0.1, 0.15) is 4.21 Å². The normalized spacial score (nSPS) is 22.4. The summed E-state index contributed by atoms with van der Waals surface area (Å²) in [6.07, 6.45) is 4.51. The Balaban J connectivity index is 1.60. The summed E-state index contributed by atoms with van der Waals surface area (Å²) < 4.78 is 27.4. The summed E-state index contributed by atoms with van der Waals surface area (Å²) >= 11 is 1.28. The fourth-order valence-corrected chi connectivity index (χ4v) is 6.19. The Bertz CT molecular complexity index is 755. The molecule has 1 fully saturated rings. The second-order valence-electron chi connectivity index (χ2n) is 6.60. The van der Waals surface area contributed by atoms with Gasteiger partial charge in [-0.15, -0.1) is 11.3 Å². The van der Waals surface area contributed by atoms with Gasteiger partial charge < -0.3 is 10.6 Å². The molecule has 0 bridgehead atoms. The number of piperidine rings is 1. The van der Waals surface area contributed by atoms with Crippen LogP contribution >= 0.6 is 11.3 Å². The van der Waals surface area contributed by atoms with Gasteiger partial charge in [-0.25, -0.2) is 8.42 Å². The van der Waals surface area contributed by atoms with Gasteiger partial charge in [0.25, 0.3) is 10.0 Å². The van der Waals surface area contributed by atoms with Crippen LogP contribution in [-0.4, -0.2) is 51.4 Å². The Kier molecular flexibility index (Phi) is 5.93. The van der Waals surface area contributed by atoms with Gasteiger partial charge in [0, 0.05) is 31.1 Å². The predicted octanol–water partition coefficient (Wildman–Crippen LogP) is 1.49. The zero-order chi connectivity index (χ0) is 17.9. The minimum atomic E-state index is -3.49. The maximum Gasteiger partial charge on any atom is 0.252 e. The standard InChI is InChI=1S/C17H25N3O3S2/c1-13-4-5-16(24-13)25(22,23)20-10-2-3-15(12-20)17(21)19-11-14-6-8-18-9-7-14/h4-6,15,18H,2-3,7-12H2,1H3,(H,19,21). The van der Waals surface area contributed by atoms with E-state index in [4.69, 9.17) is 0 Å². The molecule has 6 nitrogen and oxygen atoms in total. The maximum absolute atomic E-state index is 12.8. The topological polar surface area (TPSA) is 78.5 Å². The lowest BCUT2D eigenvalue weighted by atomic mass is 9.98. The molecular weight excluding hydrogens is 358 g/mol. The van der Waals surface area contributed by atoms with Gasteiger partial charge in [0.05, 0.1) is 5.92 Å². The second kappa shape index (κ2) is 7.99. The van der Waals surface area contributed by atoms with E-state index in [1.807, 2.05) is 13.0 Å². The number of carbonyl (C=O) groups excluding carboxylic acids is 1. The molecule has 0 spiro atoms. The van der Waals surface area contributed by atoms with Crippen molar-refractivity contribution in [3.05, 3.63) is 28.7 Å². The molecule has 8 heteroatoms. The third-order valence-corrected chi connectivity index (χ3v) is 8.05. The van der Waals surface area contributed by atoms with E-state index in [0.29, 0.717) is 23.7 Å². The van der Waals surface area contributed by atoms with Gasteiger partial charge in [0.15, 0.2) is 0 Å². The van der Waals surface area contributed by atoms with Crippen LogP contribution in [0.3, 0.4) is 0 Å². The smallest absolute Gasteiger partial charge is 0.252 e. The first-order valence-electron chi connectivity index (χ1n) is 8.70. The number of thiophene rings is 1. The van der Waals surface area contributed by atoms with Gasteiger partial charge in [-0.2, -0.15) is 4.31 Å². The fraction of sp³-hybridized carbons (Fsp3) is 0.588. The van der Waals surface area contributed by atoms with E-state index in [1.165, 1.54) is 21.2 Å². The molecule has 0 radical (unpaired) electrons. The Labute approximate surface area is 153 Å². The summed E-state index contributed by atoms with van der Waals surface area (Å²) in [6.45, 7) is 5.00. The van der Waals surface area contributed by atoms with Crippen molar-refractivity contribution in [2.75, 3.05) is 32.7 Å². The van der Waals surface area contributed by atoms with Crippen molar-refractivity contribution in [2.45, 2.75) is 30.4 Å². The van der Waals surface area contributed by atoms with E-state index in [0.717, 1.165) is 30.8 Å². The number of carbonyl (C=O) groups is 1. The third-order valence-electron chi connectivity index (χ3n) is 4.71. The van der Waals surface area contributed by atoms with Crippen molar-refractivity contribution >= 4 is 27.3 Å². The molecule has 25 heavy (non-hydrogen) atoms. The van der Waals surface area contributed by atoms with E-state index in [9.17, 15) is 13.2 Å². The van der Waals surface area contributed by atoms with Gasteiger partial charge in [-0.3, -0.25) is 4.79 Å². The summed E-state index contributed by atoms with van der Waals surface area (Å²) in [7, 11) is -3.49. The highest BCUT2D eigenvalue weighted by Crippen LogP contribution is 2.28. The molecule has 1 unspecified atom stereocenters. The molecule has 0 aliphatic carbocycles. The molecule has 0 aromatic carbocycles. The van der Waals surface area contributed by atoms with E-state index < -0.39 is 10.0 Å². The first kappa shape index (κ1) is 18.6. The Morgan fingerprint density at radius 2 is 2.28 bits per heavy atom. The second-order valence-corrected chi connectivity index (χ2v) is 10.1. The number of amides is 1. The van der Waals surface area contributed by atoms with Crippen LogP contribution in [0, 0.1) is 12.8 Å². The fourth-order valence-electron chi connectivity index (χ4n) is 3.23. The molecular formula is C17H25N3O3S2. The molecule has 2 N–H and O–H groups in total. The van der Waals surface area contributed by atoms with Crippen LogP contribution in [0.15, 0.2) is 28.0 Å². The summed E-state index contributed by atoms with van der Waals surface area (Å²) in [5.74, 6) is -0.311. The lowest BCUT2D eigenvalue weighted by Crippen LogP contribution is -2.45. The largest absolute Gasteiger partial charge is 0.352 e. The summed E-state index contributed by atoms with van der Waals surface area (Å²) in [5, 5.41) is 6.23. The molecule has 2 aliphatic rings. The highest BCUT2D eigenvalue weighted by molar-refractivity contribution is 7.91. The van der Waals surface area contributed by atoms with Crippen molar-refractivity contribution in [2.24, 2.45) is 5.92 Å². The Morgan fingerprint density at radius 1 is 1.44 bits per heavy atom. The predicted molar refractivity (Wildman–Crippen MR) is 99.1 cm³/mol. The zero-order valence-corrected chi connectivity index (χ0v) is 16.1. The minimum Gasteiger partial charge on any atom is -0.352 e. The number of aryl methyl sites for hydroxylation is 1. The number of nitrogens with one attached hydrogen (secondary N) is 2. The SMILES string of the molecule is Cc1ccc(S(=O)(=O)N2CCCC(C(=O)NCC3=CCNCC3)C2)s1. The van der Waals surface area contributed by atoms with E-state index in [-0.39, 0.29) is 18.4 Å². The molecule has 3 heterocycles. The first-order valence-corrected chi connectivity index (χ1v) is 11.0. The first-order chi connectivity index (χ1) is 12.0. The average molecular weight is 384 g/mol. The van der Waals surface area contributed by atoms with Crippen LogP contribution in [0.2, 0.25) is 0 Å². The number of hydrogen-bond donors (Lipinski definition) is 2. The van der Waals surface area contributed by atoms with Crippen molar-refractivity contribution in [1.82, 2.24) is 14.9 Å². The molecule has 1 amide bonds. The molecule has 1 atom stereocenters. The van der Waals surface area contributed by atoms with Crippen LogP contribution < -0.4 is 10.6 Å². The van der Waals surface area contributed by atoms with Crippen molar-refractivity contribution in [3.63, 3.8) is 0 Å². The third kappa shape index (κ3) is 4.49. The lowest BCUT2D eigenvalue weighted by molar-refractivity contribution is -0.125. The van der Waals surface area contributed by atoms with Crippen molar-refractivity contribution < 1.29 is 13.2 Å². The van der Waals surface area contributed by atoms with Gasteiger partial charge in [-0.1, -0.05) is 11.6 Å². The number of rotatable bonds is 5. The lowest BCUT2D eigenvalue weighted by Gasteiger charge is -2.31. The monoisotopic (exact) mass is 383 g/mol. The molecule has 1 aromatic rings. The van der Waals surface area contributed by atoms with E-state index in [2.05, 4.69) is 16.7 Å². The van der Waals surface area contributed by atoms with Gasteiger partial charge >= 0.3 is 0 Å². The maximum atomic E-state index is 12.8. The molecule has 138 valence electrons. The Hall–Kier alpha value is -1.22. The minimum absolute atomic E-state index is 0.0401. The van der Waals surface area contributed by atoms with Gasteiger partial charge in [-0.05, 0) is 44.9 Å². The van der Waals surface area contributed by atoms with E-state index >= 15 is 0 Å². The zero-order valence-electron chi connectivity index (χ0n) is 14.5. The van der Waals surface area contributed by atoms with Gasteiger partial charge in [0.2, 0.25) is 5.91 Å². The molecule has 1 aromatic heterocycles. The Morgan fingerprint density at radius 3 is 2.96 bits per heavy atom.